The topological polar surface area (TPSA) is 129 Å². The van der Waals surface area contributed by atoms with Crippen molar-refractivity contribution in [2.75, 3.05) is 30.9 Å². The van der Waals surface area contributed by atoms with Crippen molar-refractivity contribution in [3.63, 3.8) is 0 Å². The molecule has 2 aliphatic heterocycles. The Morgan fingerprint density at radius 2 is 1.92 bits per heavy atom. The summed E-state index contributed by atoms with van der Waals surface area (Å²) >= 11 is 0. The molecule has 38 heavy (non-hydrogen) atoms. The van der Waals surface area contributed by atoms with Crippen LogP contribution in [0.5, 0.6) is 11.5 Å². The fourth-order valence-electron chi connectivity index (χ4n) is 5.38. The maximum Gasteiger partial charge on any atom is 0.256 e. The predicted molar refractivity (Wildman–Crippen MR) is 144 cm³/mol. The minimum atomic E-state index is -0.232. The molecule has 3 aromatic carbocycles. The number of hydrogen-bond donors (Lipinski definition) is 3. The Hall–Kier alpha value is -4.70. The summed E-state index contributed by atoms with van der Waals surface area (Å²) in [5, 5.41) is 13.9. The number of nitrogens with zero attached hydrogens (tertiary/aromatic N) is 4. The van der Waals surface area contributed by atoms with Crippen LogP contribution in [0.2, 0.25) is 0 Å². The number of carbonyl (C=O) groups is 1. The van der Waals surface area contributed by atoms with Crippen molar-refractivity contribution in [3.05, 3.63) is 66.5 Å². The van der Waals surface area contributed by atoms with Crippen LogP contribution in [0.25, 0.3) is 33.1 Å². The molecule has 0 bridgehead atoms. The monoisotopic (exact) mass is 507 g/mol. The van der Waals surface area contributed by atoms with E-state index in [1.807, 2.05) is 53.2 Å². The molecule has 5 aromatic rings. The highest BCUT2D eigenvalue weighted by Gasteiger charge is 2.29. The summed E-state index contributed by atoms with van der Waals surface area (Å²) in [5.41, 5.74) is 9.44. The Morgan fingerprint density at radius 3 is 2.82 bits per heavy atom. The second-order valence-corrected chi connectivity index (χ2v) is 9.46. The highest BCUT2D eigenvalue weighted by Crippen LogP contribution is 2.48. The molecule has 1 amide bonds. The fourth-order valence-corrected chi connectivity index (χ4v) is 5.38. The van der Waals surface area contributed by atoms with Crippen LogP contribution < -0.4 is 25.8 Å². The number of hydrogen-bond acceptors (Lipinski definition) is 8. The summed E-state index contributed by atoms with van der Waals surface area (Å²) in [4.78, 5) is 22.1. The van der Waals surface area contributed by atoms with E-state index < -0.39 is 0 Å². The average Bonchev–Trinajstić information content (AvgIpc) is 3.60. The molecule has 2 aliphatic rings. The van der Waals surface area contributed by atoms with Gasteiger partial charge < -0.3 is 25.8 Å². The number of anilines is 2. The number of nitrogens with two attached hydrogens (primary N) is 1. The molecule has 0 radical (unpaired) electrons. The third-order valence-corrected chi connectivity index (χ3v) is 7.19. The summed E-state index contributed by atoms with van der Waals surface area (Å²) in [7, 11) is 0. The van der Waals surface area contributed by atoms with Gasteiger partial charge in [-0.1, -0.05) is 36.4 Å². The first-order valence-electron chi connectivity index (χ1n) is 12.6. The number of rotatable bonds is 4. The molecule has 10 heteroatoms. The summed E-state index contributed by atoms with van der Waals surface area (Å²) in [5.74, 6) is 1.07. The van der Waals surface area contributed by atoms with E-state index in [9.17, 15) is 4.79 Å². The Morgan fingerprint density at radius 1 is 1.05 bits per heavy atom. The third kappa shape index (κ3) is 3.60. The molecule has 1 fully saturated rings. The molecule has 190 valence electrons. The predicted octanol–water partition coefficient (Wildman–Crippen LogP) is 4.13. The van der Waals surface area contributed by atoms with Crippen molar-refractivity contribution in [2.45, 2.75) is 18.9 Å². The first-order valence-corrected chi connectivity index (χ1v) is 12.6. The normalized spacial score (nSPS) is 16.7. The number of piperidine rings is 1. The van der Waals surface area contributed by atoms with Gasteiger partial charge in [0.1, 0.15) is 17.8 Å². The molecule has 4 heterocycles. The Balaban J connectivity index is 1.30. The molecule has 4 N–H and O–H groups in total. The zero-order valence-electron chi connectivity index (χ0n) is 20.5. The molecular weight excluding hydrogens is 482 g/mol. The van der Waals surface area contributed by atoms with Gasteiger partial charge in [-0.25, -0.2) is 14.6 Å². The Labute approximate surface area is 217 Å². The molecule has 2 aromatic heterocycles. The molecule has 7 rings (SSSR count). The van der Waals surface area contributed by atoms with Gasteiger partial charge >= 0.3 is 0 Å². The minimum absolute atomic E-state index is 0.0284. The lowest BCUT2D eigenvalue weighted by Gasteiger charge is -2.23. The van der Waals surface area contributed by atoms with Gasteiger partial charge in [-0.3, -0.25) is 4.79 Å². The average molecular weight is 508 g/mol. The van der Waals surface area contributed by atoms with E-state index in [4.69, 9.17) is 20.3 Å². The van der Waals surface area contributed by atoms with Gasteiger partial charge in [0.15, 0.2) is 17.1 Å². The van der Waals surface area contributed by atoms with Crippen molar-refractivity contribution >= 4 is 39.2 Å². The van der Waals surface area contributed by atoms with Crippen LogP contribution in [0.1, 0.15) is 29.2 Å². The fraction of sp³-hybridized carbons (Fsp3) is 0.214. The zero-order chi connectivity index (χ0) is 25.6. The second-order valence-electron chi connectivity index (χ2n) is 9.46. The number of aromatic nitrogens is 4. The van der Waals surface area contributed by atoms with E-state index in [0.717, 1.165) is 36.7 Å². The van der Waals surface area contributed by atoms with E-state index in [1.165, 1.54) is 6.33 Å². The zero-order valence-corrected chi connectivity index (χ0v) is 20.5. The number of fused-ring (bicyclic) bond motifs is 3. The van der Waals surface area contributed by atoms with Crippen LogP contribution in [0.4, 0.5) is 11.5 Å². The number of amides is 1. The number of nitrogens with one attached hydrogen (secondary N) is 2. The van der Waals surface area contributed by atoms with Gasteiger partial charge in [0.2, 0.25) is 6.79 Å². The summed E-state index contributed by atoms with van der Waals surface area (Å²) in [6.45, 7) is 1.82. The molecule has 10 nitrogen and oxygen atoms in total. The van der Waals surface area contributed by atoms with Crippen LogP contribution in [0, 0.1) is 0 Å². The summed E-state index contributed by atoms with van der Waals surface area (Å²) < 4.78 is 13.7. The molecule has 1 saturated heterocycles. The van der Waals surface area contributed by atoms with Gasteiger partial charge in [0.25, 0.3) is 5.91 Å². The van der Waals surface area contributed by atoms with Crippen LogP contribution in [-0.4, -0.2) is 45.5 Å². The molecule has 0 saturated carbocycles. The van der Waals surface area contributed by atoms with Crippen LogP contribution in [-0.2, 0) is 0 Å². The highest BCUT2D eigenvalue weighted by atomic mass is 16.7. The maximum absolute atomic E-state index is 13.3. The van der Waals surface area contributed by atoms with Crippen LogP contribution in [0.15, 0.2) is 60.9 Å². The number of benzene rings is 3. The Kier molecular flexibility index (Phi) is 5.33. The lowest BCUT2D eigenvalue weighted by atomic mass is 10.0. The van der Waals surface area contributed by atoms with Crippen molar-refractivity contribution in [2.24, 2.45) is 0 Å². The number of nitrogen functional groups attached to an aromatic ring is 1. The first-order chi connectivity index (χ1) is 18.7. The SMILES string of the molecule is Nc1ncnc2c1c(-c1ccc(NC(=O)c3cccc4ccccc34)c3c1OCO3)nn2[C@@H]1CCCNC1. The molecule has 0 spiro atoms. The summed E-state index contributed by atoms with van der Waals surface area (Å²) in [6, 6.07) is 17.3. The second kappa shape index (κ2) is 9.00. The van der Waals surface area contributed by atoms with Crippen LogP contribution >= 0.6 is 0 Å². The molecule has 0 unspecified atom stereocenters. The van der Waals surface area contributed by atoms with Crippen LogP contribution in [0.3, 0.4) is 0 Å². The van der Waals surface area contributed by atoms with Gasteiger partial charge in [-0.15, -0.1) is 0 Å². The highest BCUT2D eigenvalue weighted by molar-refractivity contribution is 6.13. The molecule has 1 atom stereocenters. The van der Waals surface area contributed by atoms with E-state index in [0.29, 0.717) is 50.9 Å². The van der Waals surface area contributed by atoms with Crippen molar-refractivity contribution in [1.82, 2.24) is 25.1 Å². The Bertz CT molecular complexity index is 1700. The lowest BCUT2D eigenvalue weighted by Crippen LogP contribution is -2.32. The van der Waals surface area contributed by atoms with Gasteiger partial charge in [0.05, 0.1) is 17.1 Å². The van der Waals surface area contributed by atoms with E-state index in [2.05, 4.69) is 20.6 Å². The van der Waals surface area contributed by atoms with Crippen molar-refractivity contribution in [3.8, 4) is 22.8 Å². The standard InChI is InChI=1S/C28H25N7O3/c29-26-22-23(34-35(27(22)32-14-31-26)17-7-4-12-30-13-17)20-10-11-21(25-24(20)37-15-38-25)33-28(36)19-9-3-6-16-5-1-2-8-18(16)19/h1-3,5-6,8-11,14,17,30H,4,7,12-13,15H2,(H,33,36)(H2,29,31,32)/t17-/m1/s1. The maximum atomic E-state index is 13.3. The smallest absolute Gasteiger partial charge is 0.256 e. The molecule has 0 aliphatic carbocycles. The van der Waals surface area contributed by atoms with Gasteiger partial charge in [-0.05, 0) is 48.4 Å². The van der Waals surface area contributed by atoms with Crippen molar-refractivity contribution < 1.29 is 14.3 Å². The largest absolute Gasteiger partial charge is 0.453 e. The quantitative estimate of drug-likeness (QED) is 0.331. The third-order valence-electron chi connectivity index (χ3n) is 7.19. The van der Waals surface area contributed by atoms with Gasteiger partial charge in [-0.2, -0.15) is 5.10 Å². The summed E-state index contributed by atoms with van der Waals surface area (Å²) in [6.07, 6.45) is 3.51. The van der Waals surface area contributed by atoms with Crippen molar-refractivity contribution in [1.29, 1.82) is 0 Å². The van der Waals surface area contributed by atoms with E-state index in [1.54, 1.807) is 6.07 Å². The van der Waals surface area contributed by atoms with E-state index in [-0.39, 0.29) is 18.7 Å². The minimum Gasteiger partial charge on any atom is -0.453 e. The first kappa shape index (κ1) is 22.5. The van der Waals surface area contributed by atoms with E-state index >= 15 is 0 Å². The number of carbonyl (C=O) groups excluding carboxylic acids is 1. The number of ether oxygens (including phenoxy) is 2. The van der Waals surface area contributed by atoms with Gasteiger partial charge in [0, 0.05) is 17.7 Å². The molecular formula is C28H25N7O3. The lowest BCUT2D eigenvalue weighted by molar-refractivity contribution is 0.102.